The number of rotatable bonds is 6. The van der Waals surface area contributed by atoms with E-state index in [9.17, 15) is 9.90 Å². The Bertz CT molecular complexity index is 402. The lowest BCUT2D eigenvalue weighted by Crippen LogP contribution is -2.50. The fourth-order valence-electron chi connectivity index (χ4n) is 1.79. The minimum absolute atomic E-state index is 0.133. The molecule has 4 heteroatoms. The quantitative estimate of drug-likeness (QED) is 0.815. The van der Waals surface area contributed by atoms with Gasteiger partial charge in [0.25, 0.3) is 0 Å². The van der Waals surface area contributed by atoms with E-state index in [4.69, 9.17) is 4.74 Å². The largest absolute Gasteiger partial charge is 0.497 e. The summed E-state index contributed by atoms with van der Waals surface area (Å²) in [5.41, 5.74) is -0.363. The van der Waals surface area contributed by atoms with Gasteiger partial charge < -0.3 is 9.84 Å². The van der Waals surface area contributed by atoms with Gasteiger partial charge in [0.2, 0.25) is 0 Å². The summed E-state index contributed by atoms with van der Waals surface area (Å²) in [5.74, 6) is -0.164. The van der Waals surface area contributed by atoms with E-state index in [-0.39, 0.29) is 6.04 Å². The summed E-state index contributed by atoms with van der Waals surface area (Å²) in [4.78, 5) is 11.5. The van der Waals surface area contributed by atoms with Crippen LogP contribution in [0.4, 0.5) is 0 Å². The van der Waals surface area contributed by atoms with Gasteiger partial charge in [-0.3, -0.25) is 5.32 Å². The van der Waals surface area contributed by atoms with Crippen LogP contribution in [0.5, 0.6) is 5.75 Å². The summed E-state index contributed by atoms with van der Waals surface area (Å²) < 4.78 is 5.08. The Morgan fingerprint density at radius 1 is 1.44 bits per heavy atom. The highest BCUT2D eigenvalue weighted by atomic mass is 16.5. The Morgan fingerprint density at radius 2 is 2.00 bits per heavy atom. The van der Waals surface area contributed by atoms with Gasteiger partial charge in [0.05, 0.1) is 7.11 Å². The lowest BCUT2D eigenvalue weighted by molar-refractivity contribution is -0.145. The van der Waals surface area contributed by atoms with Crippen LogP contribution in [-0.2, 0) is 10.3 Å². The number of hydrogen-bond acceptors (Lipinski definition) is 3. The van der Waals surface area contributed by atoms with E-state index >= 15 is 0 Å². The van der Waals surface area contributed by atoms with Crippen molar-refractivity contribution < 1.29 is 14.6 Å². The van der Waals surface area contributed by atoms with Gasteiger partial charge in [-0.2, -0.15) is 0 Å². The summed E-state index contributed by atoms with van der Waals surface area (Å²) >= 11 is 0. The van der Waals surface area contributed by atoms with Gasteiger partial charge in [-0.05, 0) is 38.0 Å². The summed E-state index contributed by atoms with van der Waals surface area (Å²) in [6, 6.07) is 7.24. The van der Waals surface area contributed by atoms with Crippen LogP contribution >= 0.6 is 0 Å². The first kappa shape index (κ1) is 14.5. The molecule has 4 nitrogen and oxygen atoms in total. The number of methoxy groups -OCH3 is 1. The van der Waals surface area contributed by atoms with Crippen molar-refractivity contribution in [3.8, 4) is 5.75 Å². The molecular formula is C14H21NO3. The average molecular weight is 251 g/mol. The monoisotopic (exact) mass is 251 g/mol. The molecule has 1 rings (SSSR count). The molecule has 0 aromatic heterocycles. The van der Waals surface area contributed by atoms with E-state index in [0.29, 0.717) is 0 Å². The van der Waals surface area contributed by atoms with Crippen molar-refractivity contribution in [2.75, 3.05) is 7.11 Å². The van der Waals surface area contributed by atoms with Crippen molar-refractivity contribution in [1.82, 2.24) is 5.32 Å². The molecule has 0 bridgehead atoms. The molecule has 0 radical (unpaired) electrons. The van der Waals surface area contributed by atoms with Crippen LogP contribution in [0.3, 0.4) is 0 Å². The lowest BCUT2D eigenvalue weighted by Gasteiger charge is -2.30. The molecule has 2 unspecified atom stereocenters. The number of nitrogens with one attached hydrogen (secondary N) is 1. The highest BCUT2D eigenvalue weighted by Crippen LogP contribution is 2.24. The number of hydrogen-bond donors (Lipinski definition) is 2. The molecule has 0 fully saturated rings. The maximum atomic E-state index is 11.5. The Hall–Kier alpha value is -1.55. The van der Waals surface area contributed by atoms with Crippen LogP contribution in [0.2, 0.25) is 0 Å². The number of aliphatic carboxylic acids is 1. The van der Waals surface area contributed by atoms with Crippen LogP contribution < -0.4 is 10.1 Å². The zero-order chi connectivity index (χ0) is 13.8. The molecule has 0 saturated heterocycles. The van der Waals surface area contributed by atoms with Crippen molar-refractivity contribution >= 4 is 5.97 Å². The SMILES string of the molecule is CCC(C)NC(C)(C(=O)O)c1ccc(OC)cc1. The van der Waals surface area contributed by atoms with Gasteiger partial charge in [-0.1, -0.05) is 19.1 Å². The maximum absolute atomic E-state index is 11.5. The van der Waals surface area contributed by atoms with E-state index < -0.39 is 11.5 Å². The molecule has 2 N–H and O–H groups in total. The first-order valence-electron chi connectivity index (χ1n) is 6.09. The minimum Gasteiger partial charge on any atom is -0.497 e. The molecule has 1 aromatic rings. The van der Waals surface area contributed by atoms with Crippen molar-refractivity contribution in [3.05, 3.63) is 29.8 Å². The fraction of sp³-hybridized carbons (Fsp3) is 0.500. The molecule has 0 amide bonds. The second-order valence-corrected chi connectivity index (χ2v) is 4.61. The predicted octanol–water partition coefficient (Wildman–Crippen LogP) is 2.38. The normalized spacial score (nSPS) is 15.8. The number of carbonyl (C=O) groups is 1. The molecule has 0 spiro atoms. The number of benzene rings is 1. The molecule has 2 atom stereocenters. The topological polar surface area (TPSA) is 58.6 Å². The molecule has 0 aliphatic carbocycles. The first-order chi connectivity index (χ1) is 8.43. The third-order valence-corrected chi connectivity index (χ3v) is 3.24. The molecule has 1 aromatic carbocycles. The summed E-state index contributed by atoms with van der Waals surface area (Å²) in [6.07, 6.45) is 0.874. The van der Waals surface area contributed by atoms with E-state index in [0.717, 1.165) is 17.7 Å². The van der Waals surface area contributed by atoms with E-state index in [1.807, 2.05) is 13.8 Å². The molecule has 0 heterocycles. The highest BCUT2D eigenvalue weighted by molar-refractivity contribution is 5.80. The van der Waals surface area contributed by atoms with Gasteiger partial charge in [-0.25, -0.2) is 4.79 Å². The van der Waals surface area contributed by atoms with Crippen LogP contribution in [0.25, 0.3) is 0 Å². The van der Waals surface area contributed by atoms with Crippen LogP contribution in [-0.4, -0.2) is 24.2 Å². The Morgan fingerprint density at radius 3 is 2.39 bits per heavy atom. The molecule has 0 aliphatic rings. The van der Waals surface area contributed by atoms with Crippen molar-refractivity contribution in [2.24, 2.45) is 0 Å². The number of ether oxygens (including phenoxy) is 1. The van der Waals surface area contributed by atoms with Gasteiger partial charge in [0.15, 0.2) is 0 Å². The molecular weight excluding hydrogens is 230 g/mol. The van der Waals surface area contributed by atoms with Gasteiger partial charge in [0.1, 0.15) is 11.3 Å². The highest BCUT2D eigenvalue weighted by Gasteiger charge is 2.35. The fourth-order valence-corrected chi connectivity index (χ4v) is 1.79. The third kappa shape index (κ3) is 3.01. The van der Waals surface area contributed by atoms with Crippen LogP contribution in [0, 0.1) is 0 Å². The molecule has 0 saturated carbocycles. The van der Waals surface area contributed by atoms with Crippen molar-refractivity contribution in [2.45, 2.75) is 38.8 Å². The van der Waals surface area contributed by atoms with Crippen LogP contribution in [0.15, 0.2) is 24.3 Å². The van der Waals surface area contributed by atoms with Gasteiger partial charge >= 0.3 is 5.97 Å². The zero-order valence-electron chi connectivity index (χ0n) is 11.4. The first-order valence-corrected chi connectivity index (χ1v) is 6.09. The smallest absolute Gasteiger partial charge is 0.328 e. The zero-order valence-corrected chi connectivity index (χ0v) is 11.4. The predicted molar refractivity (Wildman–Crippen MR) is 70.9 cm³/mol. The second kappa shape index (κ2) is 5.87. The standard InChI is InChI=1S/C14H21NO3/c1-5-10(2)15-14(3,13(16)17)11-6-8-12(18-4)9-7-11/h6-10,15H,5H2,1-4H3,(H,16,17). The van der Waals surface area contributed by atoms with Gasteiger partial charge in [-0.15, -0.1) is 0 Å². The molecule has 18 heavy (non-hydrogen) atoms. The Kier molecular flexibility index (Phi) is 4.73. The van der Waals surface area contributed by atoms with Gasteiger partial charge in [0, 0.05) is 6.04 Å². The van der Waals surface area contributed by atoms with Crippen molar-refractivity contribution in [3.63, 3.8) is 0 Å². The van der Waals surface area contributed by atoms with Crippen molar-refractivity contribution in [1.29, 1.82) is 0 Å². The molecule has 0 aliphatic heterocycles. The Balaban J connectivity index is 3.06. The molecule has 100 valence electrons. The summed E-state index contributed by atoms with van der Waals surface area (Å²) in [7, 11) is 1.59. The summed E-state index contributed by atoms with van der Waals surface area (Å²) in [5, 5.41) is 12.6. The number of carboxylic acids is 1. The third-order valence-electron chi connectivity index (χ3n) is 3.24. The average Bonchev–Trinajstić information content (AvgIpc) is 2.38. The Labute approximate surface area is 108 Å². The maximum Gasteiger partial charge on any atom is 0.328 e. The second-order valence-electron chi connectivity index (χ2n) is 4.61. The van der Waals surface area contributed by atoms with E-state index in [2.05, 4.69) is 5.32 Å². The lowest BCUT2D eigenvalue weighted by atomic mass is 9.91. The van der Waals surface area contributed by atoms with Crippen LogP contribution in [0.1, 0.15) is 32.8 Å². The van der Waals surface area contributed by atoms with E-state index in [1.54, 1.807) is 38.3 Å². The number of carboxylic acid groups (broad SMARTS) is 1. The summed E-state index contributed by atoms with van der Waals surface area (Å²) in [6.45, 7) is 5.68. The minimum atomic E-state index is -1.08. The van der Waals surface area contributed by atoms with E-state index in [1.165, 1.54) is 0 Å².